The van der Waals surface area contributed by atoms with Crippen molar-refractivity contribution in [1.82, 2.24) is 10.2 Å². The summed E-state index contributed by atoms with van der Waals surface area (Å²) < 4.78 is 19.9. The minimum atomic E-state index is -0.920. The van der Waals surface area contributed by atoms with Crippen LogP contribution in [0.25, 0.3) is 5.76 Å². The Kier molecular flexibility index (Phi) is 9.51. The van der Waals surface area contributed by atoms with Gasteiger partial charge in [0.2, 0.25) is 5.13 Å². The van der Waals surface area contributed by atoms with Gasteiger partial charge in [-0.15, -0.1) is 10.2 Å². The molecule has 0 spiro atoms. The Labute approximate surface area is 280 Å². The minimum Gasteiger partial charge on any atom is -0.507 e. The number of aliphatic hydroxyl groups is 1. The molecule has 10 heteroatoms. The monoisotopic (exact) mass is 665 g/mol. The quantitative estimate of drug-likeness (QED) is 0.0525. The molecule has 238 valence electrons. The number of rotatable bonds is 10. The molecule has 5 aromatic rings. The summed E-state index contributed by atoms with van der Waals surface area (Å²) in [6.45, 7) is 6.58. The third-order valence-electron chi connectivity index (χ3n) is 7.86. The summed E-state index contributed by atoms with van der Waals surface area (Å²) in [5.41, 5.74) is 5.19. The van der Waals surface area contributed by atoms with Crippen LogP contribution in [0.15, 0.2) is 107 Å². The number of hydrogen-bond acceptors (Lipinski definition) is 8. The van der Waals surface area contributed by atoms with Gasteiger partial charge < -0.3 is 9.84 Å². The Morgan fingerprint density at radius 1 is 0.957 bits per heavy atom. The van der Waals surface area contributed by atoms with Crippen LogP contribution in [0.3, 0.4) is 0 Å². The van der Waals surface area contributed by atoms with Gasteiger partial charge in [-0.1, -0.05) is 103 Å². The first-order valence-corrected chi connectivity index (χ1v) is 16.9. The van der Waals surface area contributed by atoms with Crippen molar-refractivity contribution in [3.63, 3.8) is 0 Å². The van der Waals surface area contributed by atoms with Crippen LogP contribution in [-0.4, -0.2) is 27.0 Å². The highest BCUT2D eigenvalue weighted by Gasteiger charge is 2.48. The van der Waals surface area contributed by atoms with E-state index in [0.29, 0.717) is 33.6 Å². The molecule has 47 heavy (non-hydrogen) atoms. The zero-order valence-electron chi connectivity index (χ0n) is 26.0. The molecule has 7 nitrogen and oxygen atoms in total. The Balaban J connectivity index is 1.31. The number of ether oxygens (including phenoxy) is 1. The zero-order valence-corrected chi connectivity index (χ0v) is 27.6. The van der Waals surface area contributed by atoms with Gasteiger partial charge in [0.05, 0.1) is 11.6 Å². The predicted molar refractivity (Wildman–Crippen MR) is 183 cm³/mol. The summed E-state index contributed by atoms with van der Waals surface area (Å²) in [7, 11) is 0. The maximum atomic E-state index is 13.6. The third-order valence-corrected chi connectivity index (χ3v) is 9.98. The van der Waals surface area contributed by atoms with Gasteiger partial charge in [0.1, 0.15) is 23.9 Å². The lowest BCUT2D eigenvalue weighted by atomic mass is 9.93. The summed E-state index contributed by atoms with van der Waals surface area (Å²) in [5, 5.41) is 20.4. The molecule has 0 saturated carbocycles. The second-order valence-electron chi connectivity index (χ2n) is 11.6. The molecule has 4 aromatic carbocycles. The molecule has 1 atom stereocenters. The van der Waals surface area contributed by atoms with Crippen LogP contribution in [0.5, 0.6) is 5.75 Å². The number of ketones is 1. The van der Waals surface area contributed by atoms with Crippen LogP contribution in [0.1, 0.15) is 59.2 Å². The smallest absolute Gasteiger partial charge is 0.301 e. The van der Waals surface area contributed by atoms with Crippen LogP contribution in [-0.2, 0) is 21.9 Å². The van der Waals surface area contributed by atoms with Crippen molar-refractivity contribution in [2.24, 2.45) is 0 Å². The molecule has 0 aliphatic carbocycles. The Hall–Kier alpha value is -4.80. The molecule has 1 amide bonds. The van der Waals surface area contributed by atoms with Gasteiger partial charge in [-0.25, -0.2) is 4.39 Å². The molecule has 1 unspecified atom stereocenters. The van der Waals surface area contributed by atoms with E-state index in [0.717, 1.165) is 22.3 Å². The first kappa shape index (κ1) is 32.2. The van der Waals surface area contributed by atoms with Crippen molar-refractivity contribution >= 4 is 45.7 Å². The highest BCUT2D eigenvalue weighted by molar-refractivity contribution is 8.00. The second-order valence-corrected chi connectivity index (χ2v) is 13.7. The van der Waals surface area contributed by atoms with Crippen molar-refractivity contribution in [2.45, 2.75) is 49.4 Å². The van der Waals surface area contributed by atoms with E-state index in [1.807, 2.05) is 49.4 Å². The van der Waals surface area contributed by atoms with Crippen LogP contribution >= 0.6 is 23.1 Å². The number of thioether (sulfide) groups is 1. The molecule has 1 aromatic heterocycles. The van der Waals surface area contributed by atoms with Gasteiger partial charge in [-0.05, 0) is 71.5 Å². The van der Waals surface area contributed by atoms with E-state index in [4.69, 9.17) is 4.74 Å². The number of carbonyl (C=O) groups excluding carboxylic acids is 2. The summed E-state index contributed by atoms with van der Waals surface area (Å²) in [6, 6.07) is 27.8. The molecule has 1 fully saturated rings. The fraction of sp³-hybridized carbons (Fsp3) is 0.189. The van der Waals surface area contributed by atoms with Crippen LogP contribution in [0.2, 0.25) is 0 Å². The van der Waals surface area contributed by atoms with E-state index < -0.39 is 17.7 Å². The molecule has 0 bridgehead atoms. The zero-order chi connectivity index (χ0) is 33.1. The molecular formula is C37H32FN3O4S2. The Bertz CT molecular complexity index is 1940. The molecule has 1 saturated heterocycles. The Morgan fingerprint density at radius 3 is 2.36 bits per heavy atom. The van der Waals surface area contributed by atoms with Gasteiger partial charge in [-0.2, -0.15) is 0 Å². The number of amides is 1. The third kappa shape index (κ3) is 7.13. The van der Waals surface area contributed by atoms with Crippen molar-refractivity contribution in [3.8, 4) is 5.75 Å². The first-order valence-electron chi connectivity index (χ1n) is 15.1. The Morgan fingerprint density at radius 2 is 1.68 bits per heavy atom. The number of aliphatic hydroxyl groups excluding tert-OH is 1. The summed E-state index contributed by atoms with van der Waals surface area (Å²) in [4.78, 5) is 28.6. The number of aromatic nitrogens is 2. The van der Waals surface area contributed by atoms with E-state index in [9.17, 15) is 19.1 Å². The number of nitrogens with zero attached hydrogens (tertiary/aromatic N) is 3. The van der Waals surface area contributed by atoms with Crippen LogP contribution in [0, 0.1) is 12.7 Å². The van der Waals surface area contributed by atoms with Gasteiger partial charge in [-0.3, -0.25) is 14.5 Å². The number of halogens is 1. The van der Waals surface area contributed by atoms with Crippen molar-refractivity contribution < 1.29 is 23.8 Å². The van der Waals surface area contributed by atoms with Gasteiger partial charge >= 0.3 is 5.91 Å². The maximum absolute atomic E-state index is 13.6. The summed E-state index contributed by atoms with van der Waals surface area (Å²) >= 11 is 2.58. The number of anilines is 1. The minimum absolute atomic E-state index is 0.0311. The van der Waals surface area contributed by atoms with Crippen molar-refractivity contribution in [1.29, 1.82) is 0 Å². The lowest BCUT2D eigenvalue weighted by Gasteiger charge is -2.23. The van der Waals surface area contributed by atoms with Gasteiger partial charge in [0.15, 0.2) is 4.34 Å². The van der Waals surface area contributed by atoms with E-state index >= 15 is 0 Å². The van der Waals surface area contributed by atoms with Crippen LogP contribution < -0.4 is 9.64 Å². The molecular weight excluding hydrogens is 634 g/mol. The molecule has 1 N–H and O–H groups in total. The average Bonchev–Trinajstić information content (AvgIpc) is 3.65. The van der Waals surface area contributed by atoms with Crippen LogP contribution in [0.4, 0.5) is 9.52 Å². The van der Waals surface area contributed by atoms with E-state index in [1.54, 1.807) is 36.4 Å². The lowest BCUT2D eigenvalue weighted by molar-refractivity contribution is -0.132. The number of Topliss-reactive ketones (excluding diaryl/α,β-unsaturated/α-hetero) is 1. The predicted octanol–water partition coefficient (Wildman–Crippen LogP) is 8.61. The lowest BCUT2D eigenvalue weighted by Crippen LogP contribution is -2.29. The number of hydrogen-bond donors (Lipinski definition) is 1. The SMILES string of the molecule is Cc1cccc(COc2ccc(C(O)=C3C(=O)C(=O)N(c4nnc(SCc5ccc(F)cc5)s4)C3c3ccc(C(C)C)cc3)cc2)c1. The number of carbonyl (C=O) groups is 2. The molecule has 1 aliphatic rings. The fourth-order valence-electron chi connectivity index (χ4n) is 5.33. The largest absolute Gasteiger partial charge is 0.507 e. The summed E-state index contributed by atoms with van der Waals surface area (Å²) in [6.07, 6.45) is 0. The van der Waals surface area contributed by atoms with E-state index in [1.165, 1.54) is 40.1 Å². The second kappa shape index (κ2) is 13.9. The van der Waals surface area contributed by atoms with Gasteiger partial charge in [0, 0.05) is 11.3 Å². The maximum Gasteiger partial charge on any atom is 0.301 e. The highest BCUT2D eigenvalue weighted by Crippen LogP contribution is 2.44. The van der Waals surface area contributed by atoms with Crippen molar-refractivity contribution in [2.75, 3.05) is 4.90 Å². The fourth-order valence-corrected chi connectivity index (χ4v) is 7.15. The normalized spacial score (nSPS) is 15.9. The van der Waals surface area contributed by atoms with E-state index in [2.05, 4.69) is 30.1 Å². The molecule has 0 radical (unpaired) electrons. The number of aryl methyl sites for hydroxylation is 1. The topological polar surface area (TPSA) is 92.6 Å². The van der Waals surface area contributed by atoms with Gasteiger partial charge in [0.25, 0.3) is 5.78 Å². The van der Waals surface area contributed by atoms with E-state index in [-0.39, 0.29) is 28.2 Å². The van der Waals surface area contributed by atoms with Crippen molar-refractivity contribution in [3.05, 3.63) is 142 Å². The highest BCUT2D eigenvalue weighted by atomic mass is 32.2. The molecule has 2 heterocycles. The summed E-state index contributed by atoms with van der Waals surface area (Å²) in [5.74, 6) is -0.793. The first-order chi connectivity index (χ1) is 22.7. The molecule has 6 rings (SSSR count). The average molecular weight is 666 g/mol. The number of benzene rings is 4. The standard InChI is InChI=1S/C37H32FN3O4S2/c1-22(2)26-9-11-27(12-10-26)32-31(33(42)28-13-17-30(18-14-28)45-20-25-6-4-5-23(3)19-25)34(43)35(44)41(32)36-39-40-37(47-36)46-21-24-7-15-29(38)16-8-24/h4-19,22,32,42H,20-21H2,1-3H3. The molecule has 1 aliphatic heterocycles.